The largest absolute Gasteiger partial charge is 0.466 e. The number of ether oxygens (including phenoxy) is 1. The molecule has 154 valence electrons. The number of hydrogen-bond donors (Lipinski definition) is 2. The number of amides is 2. The smallest absolute Gasteiger partial charge is 0.278 e. The molecule has 1 aliphatic heterocycles. The normalized spacial score (nSPS) is 17.6. The molecule has 0 saturated carbocycles. The molecule has 1 aromatic heterocycles. The topological polar surface area (TPSA) is 85.2 Å². The summed E-state index contributed by atoms with van der Waals surface area (Å²) in [4.78, 5) is 25.7. The van der Waals surface area contributed by atoms with Crippen LogP contribution in [0, 0.1) is 13.8 Å². The van der Waals surface area contributed by atoms with Crippen molar-refractivity contribution in [3.63, 3.8) is 0 Å². The predicted octanol–water partition coefficient (Wildman–Crippen LogP) is 3.47. The molecule has 1 atom stereocenters. The summed E-state index contributed by atoms with van der Waals surface area (Å²) >= 11 is 0. The van der Waals surface area contributed by atoms with Crippen molar-refractivity contribution in [3.8, 4) is 5.75 Å². The van der Waals surface area contributed by atoms with Crippen LogP contribution < -0.4 is 15.4 Å². The lowest BCUT2D eigenvalue weighted by molar-refractivity contribution is -0.143. The second-order valence-corrected chi connectivity index (χ2v) is 7.54. The molecule has 4 rings (SSSR count). The second-order valence-electron chi connectivity index (χ2n) is 7.54. The van der Waals surface area contributed by atoms with Crippen LogP contribution in [0.2, 0.25) is 0 Å². The minimum Gasteiger partial charge on any atom is -0.466 e. The van der Waals surface area contributed by atoms with Crippen LogP contribution in [0.25, 0.3) is 0 Å². The minimum atomic E-state index is -1.68. The van der Waals surface area contributed by atoms with Crippen molar-refractivity contribution < 1.29 is 14.3 Å². The van der Waals surface area contributed by atoms with Crippen LogP contribution in [0.4, 0.5) is 11.4 Å². The van der Waals surface area contributed by atoms with E-state index in [1.54, 1.807) is 24.3 Å². The van der Waals surface area contributed by atoms with Gasteiger partial charge in [0, 0.05) is 6.54 Å². The Kier molecular flexibility index (Phi) is 5.03. The van der Waals surface area contributed by atoms with Gasteiger partial charge in [-0.15, -0.1) is 0 Å². The molecule has 2 N–H and O–H groups in total. The molecule has 2 aromatic carbocycles. The third-order valence-electron chi connectivity index (χ3n) is 5.39. The lowest BCUT2D eigenvalue weighted by Gasteiger charge is -2.33. The number of carbonyl (C=O) groups is 2. The fraction of sp³-hybridized carbons (Fsp3) is 0.261. The maximum absolute atomic E-state index is 13.1. The molecule has 3 aromatic rings. The molecule has 2 heterocycles. The van der Waals surface area contributed by atoms with Gasteiger partial charge >= 0.3 is 0 Å². The summed E-state index contributed by atoms with van der Waals surface area (Å²) in [6.45, 7) is 5.90. The Hall–Kier alpha value is -3.61. The maximum Gasteiger partial charge on any atom is 0.278 e. The first kappa shape index (κ1) is 19.7. The Morgan fingerprint density at radius 1 is 1.13 bits per heavy atom. The SMILES string of the molecule is Cc1nn(CCc2ccccc2)c(C)c1NC(=O)[C@]1(C)Oc2ccccc2NC1=O. The van der Waals surface area contributed by atoms with E-state index in [0.29, 0.717) is 29.4 Å². The van der Waals surface area contributed by atoms with E-state index in [9.17, 15) is 9.59 Å². The van der Waals surface area contributed by atoms with Crippen molar-refractivity contribution in [1.29, 1.82) is 0 Å². The van der Waals surface area contributed by atoms with Crippen LogP contribution in [-0.4, -0.2) is 27.2 Å². The van der Waals surface area contributed by atoms with Crippen LogP contribution in [0.3, 0.4) is 0 Å². The van der Waals surface area contributed by atoms with E-state index < -0.39 is 17.4 Å². The minimum absolute atomic E-state index is 0.460. The highest BCUT2D eigenvalue weighted by molar-refractivity contribution is 6.19. The zero-order chi connectivity index (χ0) is 21.3. The number of benzene rings is 2. The highest BCUT2D eigenvalue weighted by Gasteiger charge is 2.47. The number of fused-ring (bicyclic) bond motifs is 1. The fourth-order valence-corrected chi connectivity index (χ4v) is 3.52. The third-order valence-corrected chi connectivity index (χ3v) is 5.39. The van der Waals surface area contributed by atoms with Crippen molar-refractivity contribution >= 4 is 23.2 Å². The lowest BCUT2D eigenvalue weighted by Crippen LogP contribution is -2.56. The van der Waals surface area contributed by atoms with Gasteiger partial charge in [0.2, 0.25) is 0 Å². The third kappa shape index (κ3) is 3.54. The molecule has 7 nitrogen and oxygen atoms in total. The molecule has 1 aliphatic rings. The van der Waals surface area contributed by atoms with Crippen LogP contribution in [0.5, 0.6) is 5.75 Å². The van der Waals surface area contributed by atoms with Crippen LogP contribution in [0.1, 0.15) is 23.9 Å². The summed E-state index contributed by atoms with van der Waals surface area (Å²) in [5.41, 5.74) is 2.21. The molecule has 7 heteroatoms. The van der Waals surface area contributed by atoms with Gasteiger partial charge in [-0.05, 0) is 44.9 Å². The van der Waals surface area contributed by atoms with Crippen molar-refractivity contribution in [1.82, 2.24) is 9.78 Å². The average molecular weight is 404 g/mol. The number of nitrogens with one attached hydrogen (secondary N) is 2. The van der Waals surface area contributed by atoms with E-state index in [4.69, 9.17) is 4.74 Å². The molecule has 0 bridgehead atoms. The molecule has 0 aliphatic carbocycles. The number of rotatable bonds is 5. The maximum atomic E-state index is 13.1. The predicted molar refractivity (Wildman–Crippen MR) is 115 cm³/mol. The van der Waals surface area contributed by atoms with Crippen molar-refractivity contribution in [3.05, 3.63) is 71.5 Å². The van der Waals surface area contributed by atoms with E-state index in [1.165, 1.54) is 12.5 Å². The number of anilines is 2. The van der Waals surface area contributed by atoms with Gasteiger partial charge in [0.05, 0.1) is 22.8 Å². The van der Waals surface area contributed by atoms with Gasteiger partial charge in [-0.25, -0.2) is 0 Å². The van der Waals surface area contributed by atoms with Crippen molar-refractivity contribution in [2.45, 2.75) is 39.3 Å². The molecule has 0 fully saturated rings. The van der Waals surface area contributed by atoms with Crippen molar-refractivity contribution in [2.24, 2.45) is 0 Å². The summed E-state index contributed by atoms with van der Waals surface area (Å²) in [7, 11) is 0. The van der Waals surface area contributed by atoms with E-state index in [-0.39, 0.29) is 0 Å². The zero-order valence-electron chi connectivity index (χ0n) is 17.2. The van der Waals surface area contributed by atoms with Gasteiger partial charge in [0.15, 0.2) is 0 Å². The fourth-order valence-electron chi connectivity index (χ4n) is 3.52. The van der Waals surface area contributed by atoms with Gasteiger partial charge in [-0.1, -0.05) is 42.5 Å². The van der Waals surface area contributed by atoms with E-state index in [1.807, 2.05) is 36.7 Å². The number of carbonyl (C=O) groups excluding carboxylic acids is 2. The molecular formula is C23H24N4O3. The molecule has 2 amide bonds. The lowest BCUT2D eigenvalue weighted by atomic mass is 10.0. The number of aromatic nitrogens is 2. The first-order chi connectivity index (χ1) is 14.4. The monoisotopic (exact) mass is 404 g/mol. The molecular weight excluding hydrogens is 380 g/mol. The summed E-state index contributed by atoms with van der Waals surface area (Å²) in [6.07, 6.45) is 0.830. The molecule has 0 radical (unpaired) electrons. The van der Waals surface area contributed by atoms with Crippen LogP contribution in [-0.2, 0) is 22.6 Å². The number of hydrogen-bond acceptors (Lipinski definition) is 4. The Morgan fingerprint density at radius 2 is 1.83 bits per heavy atom. The van der Waals surface area contributed by atoms with Crippen LogP contribution >= 0.6 is 0 Å². The number of para-hydroxylation sites is 2. The summed E-state index contributed by atoms with van der Waals surface area (Å²) in [6, 6.07) is 17.2. The summed E-state index contributed by atoms with van der Waals surface area (Å²) < 4.78 is 7.68. The van der Waals surface area contributed by atoms with E-state index >= 15 is 0 Å². The first-order valence-corrected chi connectivity index (χ1v) is 9.87. The highest BCUT2D eigenvalue weighted by atomic mass is 16.5. The Balaban J connectivity index is 1.52. The van der Waals surface area contributed by atoms with Gasteiger partial charge < -0.3 is 15.4 Å². The van der Waals surface area contributed by atoms with Crippen LogP contribution in [0.15, 0.2) is 54.6 Å². The number of nitrogens with zero attached hydrogens (tertiary/aromatic N) is 2. The molecule has 0 unspecified atom stereocenters. The Bertz CT molecular complexity index is 1110. The quantitative estimate of drug-likeness (QED) is 0.638. The second kappa shape index (κ2) is 7.67. The summed E-state index contributed by atoms with van der Waals surface area (Å²) in [5.74, 6) is -0.587. The van der Waals surface area contributed by atoms with Gasteiger partial charge in [-0.2, -0.15) is 5.10 Å². The molecule has 0 spiro atoms. The average Bonchev–Trinajstić information content (AvgIpc) is 3.01. The van der Waals surface area contributed by atoms with Gasteiger partial charge in [0.25, 0.3) is 17.4 Å². The number of aryl methyl sites for hydroxylation is 3. The highest BCUT2D eigenvalue weighted by Crippen LogP contribution is 2.34. The van der Waals surface area contributed by atoms with Gasteiger partial charge in [-0.3, -0.25) is 14.3 Å². The van der Waals surface area contributed by atoms with E-state index in [2.05, 4.69) is 27.9 Å². The summed E-state index contributed by atoms with van der Waals surface area (Å²) in [5, 5.41) is 10.2. The van der Waals surface area contributed by atoms with Gasteiger partial charge in [0.1, 0.15) is 5.75 Å². The Labute approximate surface area is 175 Å². The first-order valence-electron chi connectivity index (χ1n) is 9.87. The molecule has 0 saturated heterocycles. The Morgan fingerprint density at radius 3 is 2.60 bits per heavy atom. The standard InChI is InChI=1S/C23H24N4O3/c1-15-20(16(2)27(26-15)14-13-17-9-5-4-6-10-17)25-22(29)23(3)21(28)24-18-11-7-8-12-19(18)30-23/h4-12H,13-14H2,1-3H3,(H,24,28)(H,25,29)/t23-/m1/s1. The van der Waals surface area contributed by atoms with Crippen molar-refractivity contribution in [2.75, 3.05) is 10.6 Å². The zero-order valence-corrected chi connectivity index (χ0v) is 17.2. The van der Waals surface area contributed by atoms with E-state index in [0.717, 1.165) is 12.1 Å². The molecule has 30 heavy (non-hydrogen) atoms.